The van der Waals surface area contributed by atoms with Gasteiger partial charge in [-0.3, -0.25) is 0 Å². The van der Waals surface area contributed by atoms with Crippen molar-refractivity contribution >= 4 is 5.97 Å². The number of halogens is 6. The summed E-state index contributed by atoms with van der Waals surface area (Å²) in [6.45, 7) is 0. The van der Waals surface area contributed by atoms with Crippen molar-refractivity contribution < 1.29 is 40.6 Å². The maximum atomic E-state index is 12.9. The lowest BCUT2D eigenvalue weighted by molar-refractivity contribution is -0.144. The standard InChI is InChI=1S/C11H8F6O3/c1-19-6-4-3-5(10(12,13)14)7(9(18)20-2)8(6)11(15,16)17/h3-4H,1-2H3. The van der Waals surface area contributed by atoms with Gasteiger partial charge in [-0.15, -0.1) is 0 Å². The van der Waals surface area contributed by atoms with Crippen molar-refractivity contribution in [2.75, 3.05) is 14.2 Å². The van der Waals surface area contributed by atoms with Crippen LogP contribution in [0.3, 0.4) is 0 Å². The number of benzene rings is 1. The molecule has 0 aromatic heterocycles. The lowest BCUT2D eigenvalue weighted by Crippen LogP contribution is -2.21. The molecule has 0 atom stereocenters. The molecule has 0 heterocycles. The highest BCUT2D eigenvalue weighted by atomic mass is 19.4. The van der Waals surface area contributed by atoms with Crippen molar-refractivity contribution in [2.24, 2.45) is 0 Å². The molecule has 0 amide bonds. The third-order valence-electron chi connectivity index (χ3n) is 2.37. The molecule has 3 nitrogen and oxygen atoms in total. The maximum Gasteiger partial charge on any atom is 0.420 e. The number of hydrogen-bond donors (Lipinski definition) is 0. The van der Waals surface area contributed by atoms with E-state index in [1.165, 1.54) is 0 Å². The molecule has 0 spiro atoms. The maximum absolute atomic E-state index is 12.9. The van der Waals surface area contributed by atoms with E-state index in [2.05, 4.69) is 9.47 Å². The Morgan fingerprint density at radius 3 is 1.90 bits per heavy atom. The van der Waals surface area contributed by atoms with Crippen LogP contribution >= 0.6 is 0 Å². The molecule has 0 saturated heterocycles. The molecule has 0 aliphatic rings. The molecule has 0 aliphatic carbocycles. The monoisotopic (exact) mass is 302 g/mol. The molecule has 0 unspecified atom stereocenters. The van der Waals surface area contributed by atoms with Crippen LogP contribution in [0.1, 0.15) is 21.5 Å². The van der Waals surface area contributed by atoms with Crippen molar-refractivity contribution in [3.8, 4) is 5.75 Å². The molecule has 1 aromatic carbocycles. The largest absolute Gasteiger partial charge is 0.496 e. The predicted molar refractivity (Wildman–Crippen MR) is 54.3 cm³/mol. The van der Waals surface area contributed by atoms with Gasteiger partial charge in [-0.2, -0.15) is 26.3 Å². The van der Waals surface area contributed by atoms with Crippen LogP contribution in [0.15, 0.2) is 12.1 Å². The second-order valence-corrected chi connectivity index (χ2v) is 3.55. The van der Waals surface area contributed by atoms with Gasteiger partial charge in [0.1, 0.15) is 11.3 Å². The summed E-state index contributed by atoms with van der Waals surface area (Å²) in [5, 5.41) is 0. The highest BCUT2D eigenvalue weighted by Crippen LogP contribution is 2.44. The molecule has 20 heavy (non-hydrogen) atoms. The highest BCUT2D eigenvalue weighted by Gasteiger charge is 2.45. The number of rotatable bonds is 2. The summed E-state index contributed by atoms with van der Waals surface area (Å²) in [7, 11) is 1.53. The third-order valence-corrected chi connectivity index (χ3v) is 2.37. The van der Waals surface area contributed by atoms with E-state index in [9.17, 15) is 31.1 Å². The first-order valence-corrected chi connectivity index (χ1v) is 4.97. The van der Waals surface area contributed by atoms with Crippen LogP contribution in [0.2, 0.25) is 0 Å². The van der Waals surface area contributed by atoms with Gasteiger partial charge in [0, 0.05) is 0 Å². The summed E-state index contributed by atoms with van der Waals surface area (Å²) < 4.78 is 85.3. The summed E-state index contributed by atoms with van der Waals surface area (Å²) in [5.41, 5.74) is -5.18. The van der Waals surface area contributed by atoms with Crippen molar-refractivity contribution in [1.29, 1.82) is 0 Å². The molecule has 112 valence electrons. The van der Waals surface area contributed by atoms with Gasteiger partial charge >= 0.3 is 18.3 Å². The minimum Gasteiger partial charge on any atom is -0.496 e. The van der Waals surface area contributed by atoms with Gasteiger partial charge < -0.3 is 9.47 Å². The van der Waals surface area contributed by atoms with E-state index in [1.54, 1.807) is 0 Å². The summed E-state index contributed by atoms with van der Waals surface area (Å²) in [5.74, 6) is -2.64. The summed E-state index contributed by atoms with van der Waals surface area (Å²) >= 11 is 0. The van der Waals surface area contributed by atoms with E-state index < -0.39 is 40.8 Å². The topological polar surface area (TPSA) is 35.5 Å². The Balaban J connectivity index is 3.81. The fraction of sp³-hybridized carbons (Fsp3) is 0.364. The van der Waals surface area contributed by atoms with Gasteiger partial charge in [0.2, 0.25) is 0 Å². The van der Waals surface area contributed by atoms with Gasteiger partial charge in [0.15, 0.2) is 0 Å². The Morgan fingerprint density at radius 2 is 1.55 bits per heavy atom. The third kappa shape index (κ3) is 2.97. The lowest BCUT2D eigenvalue weighted by atomic mass is 9.99. The number of esters is 1. The van der Waals surface area contributed by atoms with Crippen LogP contribution in [0.25, 0.3) is 0 Å². The first kappa shape index (κ1) is 16.1. The molecule has 0 N–H and O–H groups in total. The van der Waals surface area contributed by atoms with Crippen molar-refractivity contribution in [2.45, 2.75) is 12.4 Å². The fourth-order valence-corrected chi connectivity index (χ4v) is 1.59. The first-order chi connectivity index (χ1) is 9.04. The number of methoxy groups -OCH3 is 2. The number of carbonyl (C=O) groups is 1. The Morgan fingerprint density at radius 1 is 1.00 bits per heavy atom. The SMILES string of the molecule is COC(=O)c1c(C(F)(F)F)ccc(OC)c1C(F)(F)F. The molecule has 0 bridgehead atoms. The zero-order valence-electron chi connectivity index (χ0n) is 10.1. The van der Waals surface area contributed by atoms with Crippen molar-refractivity contribution in [3.63, 3.8) is 0 Å². The molecule has 1 rings (SSSR count). The van der Waals surface area contributed by atoms with E-state index in [0.29, 0.717) is 19.2 Å². The summed E-state index contributed by atoms with van der Waals surface area (Å²) in [6.07, 6.45) is -10.4. The molecular formula is C11H8F6O3. The van der Waals surface area contributed by atoms with E-state index in [4.69, 9.17) is 0 Å². The Labute approximate surface area is 109 Å². The minimum atomic E-state index is -5.21. The van der Waals surface area contributed by atoms with Gasteiger partial charge in [-0.1, -0.05) is 0 Å². The molecule has 0 saturated carbocycles. The van der Waals surface area contributed by atoms with Gasteiger partial charge in [0.25, 0.3) is 0 Å². The first-order valence-electron chi connectivity index (χ1n) is 4.97. The molecular weight excluding hydrogens is 294 g/mol. The quantitative estimate of drug-likeness (QED) is 0.619. The van der Waals surface area contributed by atoms with Crippen LogP contribution in [0.5, 0.6) is 5.75 Å². The van der Waals surface area contributed by atoms with E-state index in [0.717, 1.165) is 7.11 Å². The average Bonchev–Trinajstić information content (AvgIpc) is 2.33. The Hall–Kier alpha value is -1.93. The molecule has 1 aromatic rings. The highest BCUT2D eigenvalue weighted by molar-refractivity contribution is 5.94. The second kappa shape index (κ2) is 5.22. The van der Waals surface area contributed by atoms with Gasteiger partial charge in [0.05, 0.1) is 25.3 Å². The van der Waals surface area contributed by atoms with E-state index >= 15 is 0 Å². The molecule has 0 aliphatic heterocycles. The Bertz CT molecular complexity index is 518. The number of hydrogen-bond acceptors (Lipinski definition) is 3. The Kier molecular flexibility index (Phi) is 4.21. The number of carbonyl (C=O) groups excluding carboxylic acids is 1. The van der Waals surface area contributed by atoms with Gasteiger partial charge in [-0.25, -0.2) is 4.79 Å². The average molecular weight is 302 g/mol. The number of ether oxygens (including phenoxy) is 2. The smallest absolute Gasteiger partial charge is 0.420 e. The normalized spacial score (nSPS) is 12.2. The van der Waals surface area contributed by atoms with Crippen LogP contribution < -0.4 is 4.74 Å². The molecule has 9 heteroatoms. The van der Waals surface area contributed by atoms with Gasteiger partial charge in [-0.05, 0) is 12.1 Å². The summed E-state index contributed by atoms with van der Waals surface area (Å²) in [6, 6.07) is 0.832. The minimum absolute atomic E-state index is 0.334. The number of alkyl halides is 6. The lowest BCUT2D eigenvalue weighted by Gasteiger charge is -2.19. The fourth-order valence-electron chi connectivity index (χ4n) is 1.59. The summed E-state index contributed by atoms with van der Waals surface area (Å²) in [4.78, 5) is 11.3. The van der Waals surface area contributed by atoms with Crippen LogP contribution in [0, 0.1) is 0 Å². The van der Waals surface area contributed by atoms with Crippen LogP contribution in [-0.2, 0) is 17.1 Å². The zero-order valence-corrected chi connectivity index (χ0v) is 10.1. The predicted octanol–water partition coefficient (Wildman–Crippen LogP) is 3.52. The molecule has 0 radical (unpaired) electrons. The van der Waals surface area contributed by atoms with Crippen molar-refractivity contribution in [3.05, 3.63) is 28.8 Å². The van der Waals surface area contributed by atoms with Crippen molar-refractivity contribution in [1.82, 2.24) is 0 Å². The zero-order chi connectivity index (χ0) is 15.7. The van der Waals surface area contributed by atoms with Crippen LogP contribution in [-0.4, -0.2) is 20.2 Å². The second-order valence-electron chi connectivity index (χ2n) is 3.55. The van der Waals surface area contributed by atoms with Crippen LogP contribution in [0.4, 0.5) is 26.3 Å². The molecule has 0 fully saturated rings. The van der Waals surface area contributed by atoms with E-state index in [1.807, 2.05) is 0 Å². The van der Waals surface area contributed by atoms with E-state index in [-0.39, 0.29) is 0 Å².